The Morgan fingerprint density at radius 2 is 1.96 bits per heavy atom. The largest absolute Gasteiger partial charge is 0.508 e. The van der Waals surface area contributed by atoms with Gasteiger partial charge in [-0.3, -0.25) is 0 Å². The second-order valence-corrected chi connectivity index (χ2v) is 7.53. The molecule has 3 unspecified atom stereocenters. The van der Waals surface area contributed by atoms with Gasteiger partial charge in [0.25, 0.3) is 0 Å². The zero-order valence-electron chi connectivity index (χ0n) is 12.5. The van der Waals surface area contributed by atoms with Crippen molar-refractivity contribution in [1.29, 1.82) is 0 Å². The molecule has 1 fully saturated rings. The number of phenolic OH excluding ortho intramolecular Hbond substituents is 1. The van der Waals surface area contributed by atoms with Crippen molar-refractivity contribution in [3.05, 3.63) is 50.7 Å². The van der Waals surface area contributed by atoms with Crippen molar-refractivity contribution in [2.45, 2.75) is 37.6 Å². The van der Waals surface area contributed by atoms with E-state index in [0.29, 0.717) is 23.6 Å². The number of hydrogen-bond donors (Lipinski definition) is 3. The zero-order chi connectivity index (χ0) is 16.4. The molecule has 0 aliphatic carbocycles. The predicted octanol–water partition coefficient (Wildman–Crippen LogP) is 3.27. The maximum Gasteiger partial charge on any atom is 0.115 e. The summed E-state index contributed by atoms with van der Waals surface area (Å²) in [7, 11) is 0. The van der Waals surface area contributed by atoms with Gasteiger partial charge in [-0.15, -0.1) is 11.3 Å². The number of aliphatic hydroxyl groups is 2. The van der Waals surface area contributed by atoms with Crippen LogP contribution in [0.4, 0.5) is 0 Å². The molecule has 3 atom stereocenters. The van der Waals surface area contributed by atoms with Crippen LogP contribution >= 0.6 is 22.9 Å². The molecule has 2 aromatic rings. The summed E-state index contributed by atoms with van der Waals surface area (Å²) in [5, 5.41) is 28.5. The highest BCUT2D eigenvalue weighted by molar-refractivity contribution is 7.16. The molecule has 4 nitrogen and oxygen atoms in total. The maximum atomic E-state index is 9.94. The summed E-state index contributed by atoms with van der Waals surface area (Å²) < 4.78 is 6.54. The van der Waals surface area contributed by atoms with Crippen LogP contribution < -0.4 is 0 Å². The first kappa shape index (κ1) is 16.7. The van der Waals surface area contributed by atoms with Crippen LogP contribution in [0.5, 0.6) is 5.75 Å². The summed E-state index contributed by atoms with van der Waals surface area (Å²) in [6, 6.07) is 9.06. The molecule has 1 aromatic heterocycles. The van der Waals surface area contributed by atoms with E-state index in [0.717, 1.165) is 16.0 Å². The molecule has 0 spiro atoms. The highest BCUT2D eigenvalue weighted by atomic mass is 35.5. The van der Waals surface area contributed by atoms with E-state index < -0.39 is 6.10 Å². The minimum atomic E-state index is -0.465. The van der Waals surface area contributed by atoms with Gasteiger partial charge in [0.1, 0.15) is 5.75 Å². The van der Waals surface area contributed by atoms with Gasteiger partial charge in [-0.2, -0.15) is 0 Å². The molecule has 2 heterocycles. The SMILES string of the molecule is OCC1CC(O)CC(c2cc(Cc3ccc(O)cc3)c(Cl)s2)O1. The van der Waals surface area contributed by atoms with E-state index in [9.17, 15) is 15.3 Å². The fourth-order valence-corrected chi connectivity index (χ4v) is 4.17. The van der Waals surface area contributed by atoms with Crippen molar-refractivity contribution in [1.82, 2.24) is 0 Å². The first-order valence-corrected chi connectivity index (χ1v) is 8.75. The first-order chi connectivity index (χ1) is 11.0. The lowest BCUT2D eigenvalue weighted by Crippen LogP contribution is -2.33. The van der Waals surface area contributed by atoms with E-state index >= 15 is 0 Å². The van der Waals surface area contributed by atoms with E-state index in [1.807, 2.05) is 18.2 Å². The van der Waals surface area contributed by atoms with E-state index in [1.54, 1.807) is 12.1 Å². The molecule has 0 saturated carbocycles. The summed E-state index contributed by atoms with van der Waals surface area (Å²) in [5.74, 6) is 0.241. The number of thiophene rings is 1. The van der Waals surface area contributed by atoms with Gasteiger partial charge in [0.2, 0.25) is 0 Å². The van der Waals surface area contributed by atoms with Crippen LogP contribution in [0.25, 0.3) is 0 Å². The molecule has 0 radical (unpaired) electrons. The van der Waals surface area contributed by atoms with Gasteiger partial charge in [0, 0.05) is 17.7 Å². The Morgan fingerprint density at radius 1 is 1.22 bits per heavy atom. The maximum absolute atomic E-state index is 9.94. The molecule has 124 valence electrons. The Balaban J connectivity index is 1.76. The van der Waals surface area contributed by atoms with Gasteiger partial charge >= 0.3 is 0 Å². The quantitative estimate of drug-likeness (QED) is 0.788. The number of aromatic hydroxyl groups is 1. The molecule has 6 heteroatoms. The standard InChI is InChI=1S/C17H19ClO4S/c18-17-11(5-10-1-3-12(20)4-2-10)6-16(23-17)15-8-13(21)7-14(9-19)22-15/h1-4,6,13-15,19-21H,5,7-9H2. The van der Waals surface area contributed by atoms with E-state index in [1.165, 1.54) is 11.3 Å². The average Bonchev–Trinajstić information content (AvgIpc) is 2.90. The number of halogens is 1. The predicted molar refractivity (Wildman–Crippen MR) is 90.2 cm³/mol. The normalized spacial score (nSPS) is 24.7. The number of hydrogen-bond acceptors (Lipinski definition) is 5. The van der Waals surface area contributed by atoms with Crippen molar-refractivity contribution < 1.29 is 20.1 Å². The van der Waals surface area contributed by atoms with Crippen LogP contribution in [0.15, 0.2) is 30.3 Å². The van der Waals surface area contributed by atoms with Gasteiger partial charge in [-0.25, -0.2) is 0 Å². The average molecular weight is 355 g/mol. The van der Waals surface area contributed by atoms with Crippen LogP contribution in [-0.2, 0) is 11.2 Å². The Kier molecular flexibility index (Phi) is 5.24. The topological polar surface area (TPSA) is 69.9 Å². The van der Waals surface area contributed by atoms with E-state index in [2.05, 4.69) is 0 Å². The van der Waals surface area contributed by atoms with Crippen molar-refractivity contribution in [2.75, 3.05) is 6.61 Å². The molecule has 0 bridgehead atoms. The summed E-state index contributed by atoms with van der Waals surface area (Å²) >= 11 is 7.81. The number of aliphatic hydroxyl groups excluding tert-OH is 2. The van der Waals surface area contributed by atoms with Crippen molar-refractivity contribution in [2.24, 2.45) is 0 Å². The third-order valence-electron chi connectivity index (χ3n) is 4.01. The molecule has 3 rings (SSSR count). The lowest BCUT2D eigenvalue weighted by Gasteiger charge is -2.31. The third kappa shape index (κ3) is 4.05. The summed E-state index contributed by atoms with van der Waals surface area (Å²) in [5.41, 5.74) is 2.06. The van der Waals surface area contributed by atoms with E-state index in [-0.39, 0.29) is 24.6 Å². The summed E-state index contributed by atoms with van der Waals surface area (Å²) in [4.78, 5) is 0.973. The minimum Gasteiger partial charge on any atom is -0.508 e. The Hall–Kier alpha value is -1.11. The number of benzene rings is 1. The number of phenols is 1. The van der Waals surface area contributed by atoms with Gasteiger partial charge < -0.3 is 20.1 Å². The molecule has 1 aliphatic heterocycles. The second kappa shape index (κ2) is 7.20. The van der Waals surface area contributed by atoms with Crippen LogP contribution in [0, 0.1) is 0 Å². The molecule has 0 amide bonds. The first-order valence-electron chi connectivity index (χ1n) is 7.55. The van der Waals surface area contributed by atoms with Gasteiger partial charge in [0.15, 0.2) is 0 Å². The van der Waals surface area contributed by atoms with E-state index in [4.69, 9.17) is 16.3 Å². The van der Waals surface area contributed by atoms with Crippen molar-refractivity contribution >= 4 is 22.9 Å². The Morgan fingerprint density at radius 3 is 2.65 bits per heavy atom. The summed E-state index contributed by atoms with van der Waals surface area (Å²) in [6.07, 6.45) is 0.636. The molecule has 1 saturated heterocycles. The van der Waals surface area contributed by atoms with Gasteiger partial charge in [-0.1, -0.05) is 23.7 Å². The highest BCUT2D eigenvalue weighted by Gasteiger charge is 2.30. The van der Waals surface area contributed by atoms with Crippen molar-refractivity contribution in [3.8, 4) is 5.75 Å². The smallest absolute Gasteiger partial charge is 0.115 e. The van der Waals surface area contributed by atoms with Crippen LogP contribution in [0.3, 0.4) is 0 Å². The van der Waals surface area contributed by atoms with Crippen LogP contribution in [-0.4, -0.2) is 34.1 Å². The molecular formula is C17H19ClO4S. The third-order valence-corrected chi connectivity index (χ3v) is 5.54. The fraction of sp³-hybridized carbons (Fsp3) is 0.412. The van der Waals surface area contributed by atoms with Gasteiger partial charge in [-0.05, 0) is 35.7 Å². The molecular weight excluding hydrogens is 336 g/mol. The molecule has 3 N–H and O–H groups in total. The Labute approximate surface area is 143 Å². The lowest BCUT2D eigenvalue weighted by atomic mass is 9.99. The molecule has 1 aromatic carbocycles. The Bertz CT molecular complexity index is 655. The van der Waals surface area contributed by atoms with Gasteiger partial charge in [0.05, 0.1) is 29.3 Å². The monoisotopic (exact) mass is 354 g/mol. The molecule has 23 heavy (non-hydrogen) atoms. The highest BCUT2D eigenvalue weighted by Crippen LogP contribution is 2.39. The lowest BCUT2D eigenvalue weighted by molar-refractivity contribution is -0.112. The second-order valence-electron chi connectivity index (χ2n) is 5.85. The molecule has 1 aliphatic rings. The fourth-order valence-electron chi connectivity index (χ4n) is 2.83. The zero-order valence-corrected chi connectivity index (χ0v) is 14.1. The van der Waals surface area contributed by atoms with Crippen LogP contribution in [0.2, 0.25) is 4.34 Å². The minimum absolute atomic E-state index is 0.0902. The summed E-state index contributed by atoms with van der Waals surface area (Å²) in [6.45, 7) is -0.0902. The number of ether oxygens (including phenoxy) is 1. The van der Waals surface area contributed by atoms with Crippen LogP contribution in [0.1, 0.15) is 34.9 Å². The number of rotatable bonds is 4. The van der Waals surface area contributed by atoms with Crippen molar-refractivity contribution in [3.63, 3.8) is 0 Å².